The number of likely N-dealkylation sites (N-methyl/N-ethyl adjacent to an activating group) is 1. The van der Waals surface area contributed by atoms with E-state index in [9.17, 15) is 0 Å². The van der Waals surface area contributed by atoms with E-state index in [-0.39, 0.29) is 0 Å². The van der Waals surface area contributed by atoms with Gasteiger partial charge in [-0.1, -0.05) is 18.1 Å². The van der Waals surface area contributed by atoms with Gasteiger partial charge in [0.1, 0.15) is 5.69 Å². The summed E-state index contributed by atoms with van der Waals surface area (Å²) in [6.07, 6.45) is 3.59. The minimum atomic E-state index is 0.361. The van der Waals surface area contributed by atoms with E-state index in [1.807, 2.05) is 27.1 Å². The van der Waals surface area contributed by atoms with Crippen LogP contribution in [0.15, 0.2) is 16.8 Å². The maximum atomic E-state index is 5.30. The molecule has 0 fully saturated rings. The molecule has 0 saturated carbocycles. The van der Waals surface area contributed by atoms with E-state index >= 15 is 0 Å². The number of nitrogens with one attached hydrogen (secondary N) is 1. The van der Waals surface area contributed by atoms with Gasteiger partial charge in [-0.05, 0) is 38.4 Å². The Bertz CT molecular complexity index is 546. The Morgan fingerprint density at radius 2 is 2.16 bits per heavy atom. The fourth-order valence-electron chi connectivity index (χ4n) is 2.04. The van der Waals surface area contributed by atoms with Gasteiger partial charge in [0.15, 0.2) is 0 Å². The third-order valence-corrected chi connectivity index (χ3v) is 3.22. The molecule has 0 aliphatic heterocycles. The molecule has 0 radical (unpaired) electrons. The van der Waals surface area contributed by atoms with Gasteiger partial charge in [-0.2, -0.15) is 4.98 Å². The maximum absolute atomic E-state index is 5.30. The fraction of sp³-hybridized carbons (Fsp3) is 0.500. The molecular weight excluding hydrogens is 240 g/mol. The van der Waals surface area contributed by atoms with Crippen LogP contribution in [0.3, 0.4) is 0 Å². The van der Waals surface area contributed by atoms with E-state index in [1.165, 1.54) is 0 Å². The van der Waals surface area contributed by atoms with Crippen molar-refractivity contribution in [3.63, 3.8) is 0 Å². The summed E-state index contributed by atoms with van der Waals surface area (Å²) < 4.78 is 5.30. The molecule has 5 nitrogen and oxygen atoms in total. The number of hydrogen-bond acceptors (Lipinski definition) is 5. The lowest BCUT2D eigenvalue weighted by Gasteiger charge is -2.09. The zero-order valence-electron chi connectivity index (χ0n) is 11.9. The molecule has 2 rings (SSSR count). The van der Waals surface area contributed by atoms with Gasteiger partial charge in [-0.3, -0.25) is 4.98 Å². The van der Waals surface area contributed by atoms with E-state index in [4.69, 9.17) is 4.52 Å². The topological polar surface area (TPSA) is 63.8 Å². The summed E-state index contributed by atoms with van der Waals surface area (Å²) in [6, 6.07) is 2.43. The van der Waals surface area contributed by atoms with Crippen molar-refractivity contribution in [2.75, 3.05) is 7.05 Å². The smallest absolute Gasteiger partial charge is 0.228 e. The van der Waals surface area contributed by atoms with Crippen LogP contribution in [0.2, 0.25) is 0 Å². The molecular formula is C14H20N4O. The second-order valence-electron chi connectivity index (χ2n) is 4.79. The molecule has 5 heteroatoms. The molecule has 0 saturated heterocycles. The lowest BCUT2D eigenvalue weighted by Crippen LogP contribution is -2.26. The van der Waals surface area contributed by atoms with E-state index in [2.05, 4.69) is 33.4 Å². The molecule has 0 aliphatic carbocycles. The van der Waals surface area contributed by atoms with Crippen molar-refractivity contribution >= 4 is 0 Å². The van der Waals surface area contributed by atoms with Crippen molar-refractivity contribution < 1.29 is 4.52 Å². The molecule has 0 aromatic carbocycles. The molecule has 1 atom stereocenters. The van der Waals surface area contributed by atoms with E-state index in [0.29, 0.717) is 17.8 Å². The lowest BCUT2D eigenvalue weighted by molar-refractivity contribution is 0.359. The minimum absolute atomic E-state index is 0.361. The minimum Gasteiger partial charge on any atom is -0.339 e. The zero-order chi connectivity index (χ0) is 13.8. The third-order valence-electron chi connectivity index (χ3n) is 3.22. The first-order valence-corrected chi connectivity index (χ1v) is 6.57. The van der Waals surface area contributed by atoms with Crippen molar-refractivity contribution in [1.29, 1.82) is 0 Å². The molecule has 2 aromatic heterocycles. The van der Waals surface area contributed by atoms with Gasteiger partial charge in [0, 0.05) is 18.7 Å². The van der Waals surface area contributed by atoms with Gasteiger partial charge in [-0.25, -0.2) is 0 Å². The highest BCUT2D eigenvalue weighted by Crippen LogP contribution is 2.19. The van der Waals surface area contributed by atoms with Crippen molar-refractivity contribution in [3.05, 3.63) is 29.3 Å². The molecule has 102 valence electrons. The normalized spacial score (nSPS) is 12.6. The van der Waals surface area contributed by atoms with E-state index in [1.54, 1.807) is 0 Å². The van der Waals surface area contributed by atoms with Crippen molar-refractivity contribution in [1.82, 2.24) is 20.4 Å². The van der Waals surface area contributed by atoms with Crippen molar-refractivity contribution in [2.45, 2.75) is 39.7 Å². The van der Waals surface area contributed by atoms with Crippen LogP contribution in [0.4, 0.5) is 0 Å². The van der Waals surface area contributed by atoms with E-state index in [0.717, 1.165) is 29.7 Å². The van der Waals surface area contributed by atoms with Gasteiger partial charge >= 0.3 is 0 Å². The van der Waals surface area contributed by atoms with Crippen LogP contribution >= 0.6 is 0 Å². The molecule has 1 N–H and O–H groups in total. The Kier molecular flexibility index (Phi) is 4.27. The van der Waals surface area contributed by atoms with Crippen LogP contribution < -0.4 is 5.32 Å². The first-order valence-electron chi connectivity index (χ1n) is 6.57. The number of aryl methyl sites for hydroxylation is 2. The van der Waals surface area contributed by atoms with Crippen LogP contribution in [0.25, 0.3) is 11.5 Å². The largest absolute Gasteiger partial charge is 0.339 e. The Labute approximate surface area is 113 Å². The summed E-state index contributed by atoms with van der Waals surface area (Å²) >= 11 is 0. The molecule has 1 unspecified atom stereocenters. The highest BCUT2D eigenvalue weighted by atomic mass is 16.5. The Morgan fingerprint density at radius 3 is 2.79 bits per heavy atom. The van der Waals surface area contributed by atoms with Crippen LogP contribution in [0.1, 0.15) is 30.4 Å². The summed E-state index contributed by atoms with van der Waals surface area (Å²) in [5.41, 5.74) is 2.98. The van der Waals surface area contributed by atoms with Gasteiger partial charge in [0.25, 0.3) is 0 Å². The Balaban J connectivity index is 2.20. The molecule has 0 bridgehead atoms. The van der Waals surface area contributed by atoms with Gasteiger partial charge in [0.05, 0.1) is 0 Å². The highest BCUT2D eigenvalue weighted by Gasteiger charge is 2.14. The predicted molar refractivity (Wildman–Crippen MR) is 73.8 cm³/mol. The number of pyridine rings is 1. The van der Waals surface area contributed by atoms with Crippen molar-refractivity contribution in [2.24, 2.45) is 0 Å². The Hall–Kier alpha value is -1.75. The van der Waals surface area contributed by atoms with E-state index < -0.39 is 0 Å². The summed E-state index contributed by atoms with van der Waals surface area (Å²) in [7, 11) is 1.94. The SMILES string of the molecule is CCC(Cc1nc(-c2ncc(C)cc2C)no1)NC. The second kappa shape index (κ2) is 5.93. The fourth-order valence-corrected chi connectivity index (χ4v) is 2.04. The molecule has 19 heavy (non-hydrogen) atoms. The summed E-state index contributed by atoms with van der Waals surface area (Å²) in [5, 5.41) is 7.25. The van der Waals surface area contributed by atoms with Gasteiger partial charge < -0.3 is 9.84 Å². The predicted octanol–water partition coefficient (Wildman–Crippen LogP) is 2.29. The maximum Gasteiger partial charge on any atom is 0.228 e. The molecule has 0 amide bonds. The highest BCUT2D eigenvalue weighted by molar-refractivity contribution is 5.53. The first-order chi connectivity index (χ1) is 9.13. The average molecular weight is 260 g/mol. The zero-order valence-corrected chi connectivity index (χ0v) is 11.9. The summed E-state index contributed by atoms with van der Waals surface area (Å²) in [6.45, 7) is 6.15. The number of rotatable bonds is 5. The van der Waals surface area contributed by atoms with Crippen molar-refractivity contribution in [3.8, 4) is 11.5 Å². The molecule has 2 aromatic rings. The average Bonchev–Trinajstić information content (AvgIpc) is 2.84. The number of hydrogen-bond donors (Lipinski definition) is 1. The first kappa shape index (κ1) is 13.7. The summed E-state index contributed by atoms with van der Waals surface area (Å²) in [4.78, 5) is 8.81. The second-order valence-corrected chi connectivity index (χ2v) is 4.79. The van der Waals surface area contributed by atoms with Crippen LogP contribution in [0, 0.1) is 13.8 Å². The number of aromatic nitrogens is 3. The van der Waals surface area contributed by atoms with Crippen LogP contribution in [0.5, 0.6) is 0 Å². The Morgan fingerprint density at radius 1 is 1.37 bits per heavy atom. The quantitative estimate of drug-likeness (QED) is 0.893. The molecule has 0 aliphatic rings. The summed E-state index contributed by atoms with van der Waals surface area (Å²) in [5.74, 6) is 1.22. The third kappa shape index (κ3) is 3.17. The standard InChI is InChI=1S/C14H20N4O/c1-5-11(15-4)7-12-17-14(18-19-12)13-10(3)6-9(2)8-16-13/h6,8,11,15H,5,7H2,1-4H3. The van der Waals surface area contributed by atoms with Gasteiger partial charge in [0.2, 0.25) is 11.7 Å². The molecule has 0 spiro atoms. The lowest BCUT2D eigenvalue weighted by atomic mass is 10.1. The molecule has 2 heterocycles. The monoisotopic (exact) mass is 260 g/mol. The van der Waals surface area contributed by atoms with Gasteiger partial charge in [-0.15, -0.1) is 0 Å². The number of nitrogens with zero attached hydrogens (tertiary/aromatic N) is 3. The van der Waals surface area contributed by atoms with Crippen LogP contribution in [-0.2, 0) is 6.42 Å². The van der Waals surface area contributed by atoms with Crippen LogP contribution in [-0.4, -0.2) is 28.2 Å².